The van der Waals surface area contributed by atoms with Gasteiger partial charge in [0.25, 0.3) is 5.91 Å². The molecule has 0 aromatic heterocycles. The fraction of sp³-hybridized carbons (Fsp3) is 0.417. The summed E-state index contributed by atoms with van der Waals surface area (Å²) in [7, 11) is 0. The third-order valence-corrected chi connectivity index (χ3v) is 3.07. The number of amides is 1. The molecule has 86 valence electrons. The van der Waals surface area contributed by atoms with Gasteiger partial charge in [-0.2, -0.15) is 0 Å². The Kier molecular flexibility index (Phi) is 3.46. The van der Waals surface area contributed by atoms with Gasteiger partial charge in [0.15, 0.2) is 0 Å². The molecule has 0 radical (unpaired) electrons. The first-order valence-electron chi connectivity index (χ1n) is 5.35. The van der Waals surface area contributed by atoms with E-state index >= 15 is 0 Å². The average Bonchev–Trinajstić information content (AvgIpc) is 2.77. The zero-order valence-electron chi connectivity index (χ0n) is 9.13. The summed E-state index contributed by atoms with van der Waals surface area (Å²) in [5.74, 6) is -0.0857. The van der Waals surface area contributed by atoms with Gasteiger partial charge in [0, 0.05) is 17.3 Å². The van der Waals surface area contributed by atoms with Crippen LogP contribution < -0.4 is 5.32 Å². The quantitative estimate of drug-likeness (QED) is 0.862. The predicted molar refractivity (Wildman–Crippen MR) is 63.8 cm³/mol. The molecule has 1 aromatic rings. The van der Waals surface area contributed by atoms with E-state index in [-0.39, 0.29) is 12.0 Å². The summed E-state index contributed by atoms with van der Waals surface area (Å²) in [5.41, 5.74) is 1.72. The van der Waals surface area contributed by atoms with Crippen LogP contribution in [0.2, 0.25) is 5.02 Å². The third-order valence-electron chi connectivity index (χ3n) is 2.66. The Morgan fingerprint density at radius 1 is 1.56 bits per heavy atom. The molecule has 1 amide bonds. The van der Waals surface area contributed by atoms with Crippen molar-refractivity contribution in [3.63, 3.8) is 0 Å². The van der Waals surface area contributed by atoms with Crippen molar-refractivity contribution in [2.75, 3.05) is 11.9 Å². The first kappa shape index (κ1) is 11.4. The summed E-state index contributed by atoms with van der Waals surface area (Å²) in [5, 5.41) is 3.46. The molecule has 1 aliphatic rings. The monoisotopic (exact) mass is 239 g/mol. The molecule has 1 N–H and O–H groups in total. The van der Waals surface area contributed by atoms with Gasteiger partial charge in [0.1, 0.15) is 6.10 Å². The van der Waals surface area contributed by atoms with Crippen LogP contribution in [-0.4, -0.2) is 18.6 Å². The Labute approximate surface area is 99.7 Å². The van der Waals surface area contributed by atoms with E-state index in [4.69, 9.17) is 16.3 Å². The summed E-state index contributed by atoms with van der Waals surface area (Å²) in [6, 6.07) is 5.48. The maximum absolute atomic E-state index is 11.7. The molecule has 4 heteroatoms. The molecule has 2 rings (SSSR count). The lowest BCUT2D eigenvalue weighted by atomic mass is 10.2. The highest BCUT2D eigenvalue weighted by atomic mass is 35.5. The third kappa shape index (κ3) is 2.54. The first-order chi connectivity index (χ1) is 7.66. The zero-order chi connectivity index (χ0) is 11.5. The summed E-state index contributed by atoms with van der Waals surface area (Å²) >= 11 is 5.97. The molecule has 1 fully saturated rings. The number of hydrogen-bond donors (Lipinski definition) is 1. The maximum atomic E-state index is 11.7. The number of aryl methyl sites for hydroxylation is 1. The van der Waals surface area contributed by atoms with Gasteiger partial charge in [-0.1, -0.05) is 17.7 Å². The van der Waals surface area contributed by atoms with E-state index in [1.807, 2.05) is 19.1 Å². The van der Waals surface area contributed by atoms with E-state index in [0.717, 1.165) is 24.1 Å². The standard InChI is InChI=1S/C12H14ClNO2/c1-8-4-5-9(7-10(8)13)14-12(15)11-3-2-6-16-11/h4-5,7,11H,2-3,6H2,1H3,(H,14,15)/t11-/m1/s1. The normalized spacial score (nSPS) is 19.8. The lowest BCUT2D eigenvalue weighted by Crippen LogP contribution is -2.26. The van der Waals surface area contributed by atoms with E-state index in [9.17, 15) is 4.79 Å². The molecular weight excluding hydrogens is 226 g/mol. The number of halogens is 1. The van der Waals surface area contributed by atoms with Gasteiger partial charge in [-0.15, -0.1) is 0 Å². The van der Waals surface area contributed by atoms with Gasteiger partial charge in [0.05, 0.1) is 0 Å². The molecule has 0 spiro atoms. The molecule has 1 saturated heterocycles. The Balaban J connectivity index is 2.02. The van der Waals surface area contributed by atoms with Crippen molar-refractivity contribution in [2.45, 2.75) is 25.9 Å². The van der Waals surface area contributed by atoms with Crippen molar-refractivity contribution < 1.29 is 9.53 Å². The van der Waals surface area contributed by atoms with E-state index in [1.54, 1.807) is 6.07 Å². The van der Waals surface area contributed by atoms with Crippen LogP contribution in [-0.2, 0) is 9.53 Å². The SMILES string of the molecule is Cc1ccc(NC(=O)[C@H]2CCCO2)cc1Cl. The van der Waals surface area contributed by atoms with Crippen LogP contribution in [0.1, 0.15) is 18.4 Å². The second-order valence-electron chi connectivity index (χ2n) is 3.95. The molecule has 16 heavy (non-hydrogen) atoms. The summed E-state index contributed by atoms with van der Waals surface area (Å²) in [6.07, 6.45) is 1.44. The van der Waals surface area contributed by atoms with Crippen molar-refractivity contribution in [1.29, 1.82) is 0 Å². The predicted octanol–water partition coefficient (Wildman–Crippen LogP) is 2.77. The topological polar surface area (TPSA) is 38.3 Å². The summed E-state index contributed by atoms with van der Waals surface area (Å²) < 4.78 is 5.30. The Hall–Kier alpha value is -1.06. The maximum Gasteiger partial charge on any atom is 0.253 e. The van der Waals surface area contributed by atoms with Crippen LogP contribution >= 0.6 is 11.6 Å². The fourth-order valence-electron chi connectivity index (χ4n) is 1.68. The molecule has 0 unspecified atom stereocenters. The van der Waals surface area contributed by atoms with Crippen LogP contribution in [0.15, 0.2) is 18.2 Å². The number of rotatable bonds is 2. The van der Waals surface area contributed by atoms with Crippen molar-refractivity contribution in [1.82, 2.24) is 0 Å². The summed E-state index contributed by atoms with van der Waals surface area (Å²) in [6.45, 7) is 2.60. The van der Waals surface area contributed by atoms with Crippen LogP contribution in [0.4, 0.5) is 5.69 Å². The molecular formula is C12H14ClNO2. The Morgan fingerprint density at radius 3 is 3.00 bits per heavy atom. The Morgan fingerprint density at radius 2 is 2.38 bits per heavy atom. The second kappa shape index (κ2) is 4.85. The number of benzene rings is 1. The molecule has 1 atom stereocenters. The van der Waals surface area contributed by atoms with E-state index in [1.165, 1.54) is 0 Å². The zero-order valence-corrected chi connectivity index (χ0v) is 9.88. The minimum absolute atomic E-state index is 0.0857. The van der Waals surface area contributed by atoms with Crippen molar-refractivity contribution in [2.24, 2.45) is 0 Å². The minimum atomic E-state index is -0.305. The number of hydrogen-bond acceptors (Lipinski definition) is 2. The van der Waals surface area contributed by atoms with E-state index in [0.29, 0.717) is 11.6 Å². The smallest absolute Gasteiger partial charge is 0.253 e. The molecule has 0 bridgehead atoms. The molecule has 1 aromatic carbocycles. The largest absolute Gasteiger partial charge is 0.368 e. The number of anilines is 1. The fourth-order valence-corrected chi connectivity index (χ4v) is 1.86. The minimum Gasteiger partial charge on any atom is -0.368 e. The molecule has 0 saturated carbocycles. The molecule has 0 aliphatic carbocycles. The van der Waals surface area contributed by atoms with Gasteiger partial charge in [-0.3, -0.25) is 4.79 Å². The Bertz CT molecular complexity index is 400. The summed E-state index contributed by atoms with van der Waals surface area (Å²) in [4.78, 5) is 11.7. The number of carbonyl (C=O) groups excluding carboxylic acids is 1. The highest BCUT2D eigenvalue weighted by Gasteiger charge is 2.23. The van der Waals surface area contributed by atoms with Gasteiger partial charge < -0.3 is 10.1 Å². The lowest BCUT2D eigenvalue weighted by molar-refractivity contribution is -0.124. The average molecular weight is 240 g/mol. The van der Waals surface area contributed by atoms with E-state index in [2.05, 4.69) is 5.32 Å². The van der Waals surface area contributed by atoms with Gasteiger partial charge in [0.2, 0.25) is 0 Å². The van der Waals surface area contributed by atoms with Gasteiger partial charge in [-0.25, -0.2) is 0 Å². The second-order valence-corrected chi connectivity index (χ2v) is 4.36. The van der Waals surface area contributed by atoms with Crippen molar-refractivity contribution in [3.8, 4) is 0 Å². The molecule has 1 heterocycles. The van der Waals surface area contributed by atoms with Gasteiger partial charge >= 0.3 is 0 Å². The lowest BCUT2D eigenvalue weighted by Gasteiger charge is -2.11. The molecule has 3 nitrogen and oxygen atoms in total. The van der Waals surface area contributed by atoms with Crippen molar-refractivity contribution in [3.05, 3.63) is 28.8 Å². The highest BCUT2D eigenvalue weighted by Crippen LogP contribution is 2.21. The van der Waals surface area contributed by atoms with Crippen LogP contribution in [0, 0.1) is 6.92 Å². The molecule has 1 aliphatic heterocycles. The van der Waals surface area contributed by atoms with Crippen LogP contribution in [0.5, 0.6) is 0 Å². The number of ether oxygens (including phenoxy) is 1. The number of carbonyl (C=O) groups is 1. The van der Waals surface area contributed by atoms with Crippen LogP contribution in [0.3, 0.4) is 0 Å². The van der Waals surface area contributed by atoms with Crippen molar-refractivity contribution >= 4 is 23.2 Å². The highest BCUT2D eigenvalue weighted by molar-refractivity contribution is 6.31. The first-order valence-corrected chi connectivity index (χ1v) is 5.73. The van der Waals surface area contributed by atoms with E-state index < -0.39 is 0 Å². The van der Waals surface area contributed by atoms with Gasteiger partial charge in [-0.05, 0) is 37.5 Å². The van der Waals surface area contributed by atoms with Crippen LogP contribution in [0.25, 0.3) is 0 Å². The number of nitrogens with one attached hydrogen (secondary N) is 1.